The van der Waals surface area contributed by atoms with Crippen molar-refractivity contribution in [3.8, 4) is 0 Å². The van der Waals surface area contributed by atoms with E-state index in [2.05, 4.69) is 4.98 Å². The Morgan fingerprint density at radius 1 is 1.43 bits per heavy atom. The Balaban J connectivity index is 2.10. The van der Waals surface area contributed by atoms with E-state index in [0.29, 0.717) is 18.0 Å². The van der Waals surface area contributed by atoms with Crippen molar-refractivity contribution in [1.82, 2.24) is 9.88 Å². The molecule has 1 amide bonds. The lowest BCUT2D eigenvalue weighted by molar-refractivity contribution is -0.128. The van der Waals surface area contributed by atoms with Gasteiger partial charge < -0.3 is 14.4 Å². The number of oxazole rings is 1. The van der Waals surface area contributed by atoms with Gasteiger partial charge in [0, 0.05) is 25.2 Å². The third-order valence-corrected chi connectivity index (χ3v) is 2.95. The van der Waals surface area contributed by atoms with E-state index in [-0.39, 0.29) is 12.5 Å². The summed E-state index contributed by atoms with van der Waals surface area (Å²) in [6, 6.07) is 7.43. The van der Waals surface area contributed by atoms with Gasteiger partial charge in [-0.1, -0.05) is 12.1 Å². The highest BCUT2D eigenvalue weighted by atomic mass is 16.3. The van der Waals surface area contributed by atoms with Gasteiger partial charge in [0.25, 0.3) is 0 Å². The number of rotatable bonds is 5. The molecule has 2 aromatic rings. The fourth-order valence-electron chi connectivity index (χ4n) is 2.02. The van der Waals surface area contributed by atoms with Crippen LogP contribution in [0.25, 0.3) is 17.2 Å². The molecule has 112 valence electrons. The number of likely N-dealkylation sites (N-methyl/N-ethyl adjacent to an activating group) is 1. The molecule has 21 heavy (non-hydrogen) atoms. The summed E-state index contributed by atoms with van der Waals surface area (Å²) in [6.07, 6.45) is 2.97. The van der Waals surface area contributed by atoms with Gasteiger partial charge >= 0.3 is 0 Å². The third-order valence-electron chi connectivity index (χ3n) is 2.95. The number of fused-ring (bicyclic) bond motifs is 1. The number of aromatic nitrogens is 1. The lowest BCUT2D eigenvalue weighted by atomic mass is 10.1. The quantitative estimate of drug-likeness (QED) is 0.858. The first kappa shape index (κ1) is 15.3. The standard InChI is InChI=1S/C16H20N2O3/c1-4-18(11-16(2,3)20)15(19)10-9-14-17-12-7-5-6-8-13(12)21-14/h5-10,20H,4,11H2,1-3H3. The Labute approximate surface area is 123 Å². The molecule has 0 aliphatic rings. The summed E-state index contributed by atoms with van der Waals surface area (Å²) in [5, 5.41) is 9.80. The van der Waals surface area contributed by atoms with Crippen molar-refractivity contribution in [2.24, 2.45) is 0 Å². The second kappa shape index (κ2) is 6.10. The van der Waals surface area contributed by atoms with E-state index in [4.69, 9.17) is 4.42 Å². The summed E-state index contributed by atoms with van der Waals surface area (Å²) in [4.78, 5) is 17.9. The highest BCUT2D eigenvalue weighted by Crippen LogP contribution is 2.15. The van der Waals surface area contributed by atoms with Crippen LogP contribution in [0.4, 0.5) is 0 Å². The maximum Gasteiger partial charge on any atom is 0.246 e. The molecule has 0 saturated heterocycles. The first-order chi connectivity index (χ1) is 9.89. The number of aliphatic hydroxyl groups is 1. The Kier molecular flexibility index (Phi) is 4.43. The molecule has 1 aromatic heterocycles. The average molecular weight is 288 g/mol. The minimum absolute atomic E-state index is 0.179. The molecule has 2 rings (SSSR count). The van der Waals surface area contributed by atoms with Gasteiger partial charge in [-0.15, -0.1) is 0 Å². The number of para-hydroxylation sites is 2. The SMILES string of the molecule is CCN(CC(C)(C)O)C(=O)C=Cc1nc2ccccc2o1. The van der Waals surface area contributed by atoms with Gasteiger partial charge in [0.1, 0.15) is 5.52 Å². The van der Waals surface area contributed by atoms with Crippen molar-refractivity contribution < 1.29 is 14.3 Å². The van der Waals surface area contributed by atoms with Crippen LogP contribution in [0.2, 0.25) is 0 Å². The molecule has 0 atom stereocenters. The number of carbonyl (C=O) groups excluding carboxylic acids is 1. The van der Waals surface area contributed by atoms with Gasteiger partial charge in [0.05, 0.1) is 5.60 Å². The molecule has 5 heteroatoms. The monoisotopic (exact) mass is 288 g/mol. The minimum Gasteiger partial charge on any atom is -0.437 e. The lowest BCUT2D eigenvalue weighted by Gasteiger charge is -2.27. The van der Waals surface area contributed by atoms with Gasteiger partial charge in [0.15, 0.2) is 5.58 Å². The van der Waals surface area contributed by atoms with Crippen molar-refractivity contribution in [2.75, 3.05) is 13.1 Å². The van der Waals surface area contributed by atoms with E-state index >= 15 is 0 Å². The smallest absolute Gasteiger partial charge is 0.246 e. The minimum atomic E-state index is -0.920. The van der Waals surface area contributed by atoms with Crippen molar-refractivity contribution in [1.29, 1.82) is 0 Å². The number of benzene rings is 1. The second-order valence-corrected chi connectivity index (χ2v) is 5.52. The van der Waals surface area contributed by atoms with Crippen LogP contribution in [-0.2, 0) is 4.79 Å². The summed E-state index contributed by atoms with van der Waals surface area (Å²) >= 11 is 0. The van der Waals surface area contributed by atoms with E-state index in [0.717, 1.165) is 5.52 Å². The normalized spacial score (nSPS) is 12.2. The molecule has 0 aliphatic heterocycles. The van der Waals surface area contributed by atoms with Crippen LogP contribution in [-0.4, -0.2) is 39.6 Å². The predicted molar refractivity (Wildman–Crippen MR) is 81.6 cm³/mol. The van der Waals surface area contributed by atoms with Crippen molar-refractivity contribution >= 4 is 23.1 Å². The molecular formula is C16H20N2O3. The highest BCUT2D eigenvalue weighted by Gasteiger charge is 2.19. The van der Waals surface area contributed by atoms with Crippen molar-refractivity contribution in [3.05, 3.63) is 36.2 Å². The van der Waals surface area contributed by atoms with Gasteiger partial charge in [-0.05, 0) is 32.9 Å². The number of hydrogen-bond donors (Lipinski definition) is 1. The molecule has 0 spiro atoms. The zero-order chi connectivity index (χ0) is 15.5. The summed E-state index contributed by atoms with van der Waals surface area (Å²) in [6.45, 7) is 6.03. The van der Waals surface area contributed by atoms with E-state index in [1.165, 1.54) is 6.08 Å². The number of carbonyl (C=O) groups is 1. The Morgan fingerprint density at radius 2 is 2.14 bits per heavy atom. The van der Waals surface area contributed by atoms with Crippen LogP contribution < -0.4 is 0 Å². The van der Waals surface area contributed by atoms with Crippen LogP contribution in [0, 0.1) is 0 Å². The maximum absolute atomic E-state index is 12.1. The van der Waals surface area contributed by atoms with Crippen molar-refractivity contribution in [2.45, 2.75) is 26.4 Å². The molecule has 1 aromatic carbocycles. The van der Waals surface area contributed by atoms with Crippen molar-refractivity contribution in [3.63, 3.8) is 0 Å². The van der Waals surface area contributed by atoms with Crippen LogP contribution in [0.3, 0.4) is 0 Å². The molecular weight excluding hydrogens is 268 g/mol. The topological polar surface area (TPSA) is 66.6 Å². The third kappa shape index (κ3) is 4.16. The summed E-state index contributed by atoms with van der Waals surface area (Å²) in [7, 11) is 0. The van der Waals surface area contributed by atoms with Gasteiger partial charge in [-0.25, -0.2) is 4.98 Å². The van der Waals surface area contributed by atoms with Crippen LogP contribution in [0.5, 0.6) is 0 Å². The fourth-order valence-corrected chi connectivity index (χ4v) is 2.02. The molecule has 0 saturated carbocycles. The zero-order valence-electron chi connectivity index (χ0n) is 12.5. The molecule has 0 aliphatic carbocycles. The first-order valence-corrected chi connectivity index (χ1v) is 6.94. The van der Waals surface area contributed by atoms with Gasteiger partial charge in [-0.2, -0.15) is 0 Å². The first-order valence-electron chi connectivity index (χ1n) is 6.94. The molecule has 0 unspecified atom stereocenters. The van der Waals surface area contributed by atoms with Crippen LogP contribution in [0.1, 0.15) is 26.7 Å². The van der Waals surface area contributed by atoms with Gasteiger partial charge in [-0.3, -0.25) is 4.79 Å². The molecule has 0 radical (unpaired) electrons. The van der Waals surface area contributed by atoms with E-state index in [1.54, 1.807) is 24.8 Å². The fraction of sp³-hybridized carbons (Fsp3) is 0.375. The van der Waals surface area contributed by atoms with Crippen LogP contribution >= 0.6 is 0 Å². The zero-order valence-corrected chi connectivity index (χ0v) is 12.5. The molecule has 0 bridgehead atoms. The molecule has 5 nitrogen and oxygen atoms in total. The number of amides is 1. The predicted octanol–water partition coefficient (Wildman–Crippen LogP) is 2.46. The Hall–Kier alpha value is -2.14. The van der Waals surface area contributed by atoms with E-state index < -0.39 is 5.60 Å². The lowest BCUT2D eigenvalue weighted by Crippen LogP contribution is -2.41. The highest BCUT2D eigenvalue weighted by molar-refractivity contribution is 5.91. The summed E-state index contributed by atoms with van der Waals surface area (Å²) in [5.41, 5.74) is 0.527. The molecule has 0 fully saturated rings. The van der Waals surface area contributed by atoms with E-state index in [1.807, 2.05) is 31.2 Å². The average Bonchev–Trinajstić information content (AvgIpc) is 2.84. The Morgan fingerprint density at radius 3 is 2.76 bits per heavy atom. The second-order valence-electron chi connectivity index (χ2n) is 5.52. The van der Waals surface area contributed by atoms with Crippen LogP contribution in [0.15, 0.2) is 34.8 Å². The molecule has 1 N–H and O–H groups in total. The summed E-state index contributed by atoms with van der Waals surface area (Å²) < 4.78 is 5.51. The maximum atomic E-state index is 12.1. The van der Waals surface area contributed by atoms with Gasteiger partial charge in [0.2, 0.25) is 11.8 Å². The largest absolute Gasteiger partial charge is 0.437 e. The Bertz CT molecular complexity index is 620. The number of nitrogens with zero attached hydrogens (tertiary/aromatic N) is 2. The molecule has 1 heterocycles. The number of hydrogen-bond acceptors (Lipinski definition) is 4. The van der Waals surface area contributed by atoms with E-state index in [9.17, 15) is 9.90 Å². The summed E-state index contributed by atoms with van der Waals surface area (Å²) in [5.74, 6) is 0.214.